The molecule has 0 aliphatic heterocycles. The van der Waals surface area contributed by atoms with E-state index in [1.807, 2.05) is 4.68 Å². The van der Waals surface area contributed by atoms with Gasteiger partial charge < -0.3 is 5.11 Å². The van der Waals surface area contributed by atoms with Gasteiger partial charge >= 0.3 is 0 Å². The lowest BCUT2D eigenvalue weighted by Crippen LogP contribution is -2.37. The Hall–Kier alpha value is -0.940. The number of aryl methyl sites for hydroxylation is 1. The van der Waals surface area contributed by atoms with E-state index in [0.717, 1.165) is 31.8 Å². The highest BCUT2D eigenvalue weighted by Crippen LogP contribution is 2.11. The SMILES string of the molecule is CCC(CC)N(CCO)Cc1ncnn1CC. The average Bonchev–Trinajstić information content (AvgIpc) is 2.78. The van der Waals surface area contributed by atoms with Gasteiger partial charge in [0.05, 0.1) is 13.2 Å². The first-order valence-corrected chi connectivity index (χ1v) is 6.48. The third kappa shape index (κ3) is 3.78. The standard InChI is InChI=1S/C12H24N4O/c1-4-11(5-2)15(7-8-17)9-12-13-10-14-16(12)6-3/h10-11,17H,4-9H2,1-3H3. The number of hydrogen-bond acceptors (Lipinski definition) is 4. The van der Waals surface area contributed by atoms with Crippen molar-refractivity contribution in [2.75, 3.05) is 13.2 Å². The Morgan fingerprint density at radius 3 is 2.59 bits per heavy atom. The molecule has 1 heterocycles. The number of aliphatic hydroxyl groups is 1. The second-order valence-electron chi connectivity index (χ2n) is 4.16. The highest BCUT2D eigenvalue weighted by atomic mass is 16.3. The number of aromatic nitrogens is 3. The minimum absolute atomic E-state index is 0.191. The van der Waals surface area contributed by atoms with Crippen LogP contribution in [0, 0.1) is 0 Å². The molecule has 0 spiro atoms. The van der Waals surface area contributed by atoms with E-state index < -0.39 is 0 Å². The first kappa shape index (κ1) is 14.1. The van der Waals surface area contributed by atoms with Crippen LogP contribution in [0.5, 0.6) is 0 Å². The minimum Gasteiger partial charge on any atom is -0.395 e. The molecule has 0 aromatic carbocycles. The molecular weight excluding hydrogens is 216 g/mol. The fourth-order valence-electron chi connectivity index (χ4n) is 2.18. The molecule has 0 aliphatic rings. The third-order valence-corrected chi connectivity index (χ3v) is 3.19. The zero-order valence-electron chi connectivity index (χ0n) is 11.1. The molecule has 0 fully saturated rings. The normalized spacial score (nSPS) is 11.6. The van der Waals surface area contributed by atoms with E-state index in [-0.39, 0.29) is 6.61 Å². The molecule has 98 valence electrons. The van der Waals surface area contributed by atoms with Crippen molar-refractivity contribution >= 4 is 0 Å². The first-order valence-electron chi connectivity index (χ1n) is 6.48. The first-order chi connectivity index (χ1) is 8.26. The maximum atomic E-state index is 9.15. The Kier molecular flexibility index (Phi) is 6.15. The van der Waals surface area contributed by atoms with Gasteiger partial charge in [0.1, 0.15) is 12.2 Å². The summed E-state index contributed by atoms with van der Waals surface area (Å²) in [6.45, 7) is 8.92. The van der Waals surface area contributed by atoms with Gasteiger partial charge in [0, 0.05) is 19.1 Å². The Labute approximate surface area is 103 Å². The van der Waals surface area contributed by atoms with Crippen LogP contribution in [0.4, 0.5) is 0 Å². The molecule has 1 aromatic rings. The third-order valence-electron chi connectivity index (χ3n) is 3.19. The van der Waals surface area contributed by atoms with E-state index >= 15 is 0 Å². The van der Waals surface area contributed by atoms with Crippen molar-refractivity contribution in [2.45, 2.75) is 52.7 Å². The number of aliphatic hydroxyl groups excluding tert-OH is 1. The van der Waals surface area contributed by atoms with Gasteiger partial charge in [0.25, 0.3) is 0 Å². The van der Waals surface area contributed by atoms with Crippen LogP contribution < -0.4 is 0 Å². The second kappa shape index (κ2) is 7.40. The van der Waals surface area contributed by atoms with Gasteiger partial charge in [-0.2, -0.15) is 5.10 Å². The van der Waals surface area contributed by atoms with E-state index in [4.69, 9.17) is 5.11 Å². The molecule has 0 radical (unpaired) electrons. The van der Waals surface area contributed by atoms with Crippen LogP contribution in [0.3, 0.4) is 0 Å². The van der Waals surface area contributed by atoms with Crippen molar-refractivity contribution < 1.29 is 5.11 Å². The predicted octanol–water partition coefficient (Wildman–Crippen LogP) is 1.28. The fourth-order valence-corrected chi connectivity index (χ4v) is 2.18. The summed E-state index contributed by atoms with van der Waals surface area (Å²) < 4.78 is 1.91. The molecular formula is C12H24N4O. The molecule has 5 heteroatoms. The lowest BCUT2D eigenvalue weighted by atomic mass is 10.1. The van der Waals surface area contributed by atoms with Gasteiger partial charge in [-0.05, 0) is 19.8 Å². The summed E-state index contributed by atoms with van der Waals surface area (Å²) in [7, 11) is 0. The molecule has 0 bridgehead atoms. The smallest absolute Gasteiger partial charge is 0.141 e. The number of nitrogens with zero attached hydrogens (tertiary/aromatic N) is 4. The largest absolute Gasteiger partial charge is 0.395 e. The zero-order chi connectivity index (χ0) is 12.7. The number of rotatable bonds is 8. The average molecular weight is 240 g/mol. The van der Waals surface area contributed by atoms with E-state index in [1.165, 1.54) is 0 Å². The van der Waals surface area contributed by atoms with Gasteiger partial charge in [-0.25, -0.2) is 9.67 Å². The number of hydrogen-bond donors (Lipinski definition) is 1. The van der Waals surface area contributed by atoms with Crippen LogP contribution in [0.25, 0.3) is 0 Å². The lowest BCUT2D eigenvalue weighted by molar-refractivity contribution is 0.132. The Morgan fingerprint density at radius 2 is 2.06 bits per heavy atom. The van der Waals surface area contributed by atoms with Crippen molar-refractivity contribution in [3.63, 3.8) is 0 Å². The Morgan fingerprint density at radius 1 is 1.35 bits per heavy atom. The molecule has 17 heavy (non-hydrogen) atoms. The summed E-state index contributed by atoms with van der Waals surface area (Å²) in [5.41, 5.74) is 0. The molecule has 0 unspecified atom stereocenters. The quantitative estimate of drug-likeness (QED) is 0.743. The molecule has 0 saturated heterocycles. The van der Waals surface area contributed by atoms with E-state index in [0.29, 0.717) is 12.6 Å². The van der Waals surface area contributed by atoms with Crippen LogP contribution in [0.1, 0.15) is 39.4 Å². The maximum absolute atomic E-state index is 9.15. The molecule has 0 aliphatic carbocycles. The van der Waals surface area contributed by atoms with Crippen molar-refractivity contribution in [1.82, 2.24) is 19.7 Å². The molecule has 0 saturated carbocycles. The molecule has 0 atom stereocenters. The van der Waals surface area contributed by atoms with Gasteiger partial charge in [-0.3, -0.25) is 4.90 Å². The van der Waals surface area contributed by atoms with Gasteiger partial charge in [0.15, 0.2) is 0 Å². The summed E-state index contributed by atoms with van der Waals surface area (Å²) in [4.78, 5) is 6.58. The molecule has 1 rings (SSSR count). The van der Waals surface area contributed by atoms with Crippen LogP contribution in [0.15, 0.2) is 6.33 Å². The van der Waals surface area contributed by atoms with Crippen LogP contribution >= 0.6 is 0 Å². The van der Waals surface area contributed by atoms with E-state index in [9.17, 15) is 0 Å². The van der Waals surface area contributed by atoms with Crippen LogP contribution in [0.2, 0.25) is 0 Å². The second-order valence-corrected chi connectivity index (χ2v) is 4.16. The van der Waals surface area contributed by atoms with Crippen molar-refractivity contribution in [3.8, 4) is 0 Å². The van der Waals surface area contributed by atoms with Gasteiger partial charge in [-0.1, -0.05) is 13.8 Å². The Bertz CT molecular complexity index is 309. The fraction of sp³-hybridized carbons (Fsp3) is 0.833. The van der Waals surface area contributed by atoms with Gasteiger partial charge in [-0.15, -0.1) is 0 Å². The predicted molar refractivity (Wildman–Crippen MR) is 67.6 cm³/mol. The van der Waals surface area contributed by atoms with Crippen molar-refractivity contribution in [2.24, 2.45) is 0 Å². The van der Waals surface area contributed by atoms with Gasteiger partial charge in [0.2, 0.25) is 0 Å². The highest BCUT2D eigenvalue weighted by molar-refractivity contribution is 4.86. The van der Waals surface area contributed by atoms with Crippen LogP contribution in [-0.4, -0.2) is 44.0 Å². The summed E-state index contributed by atoms with van der Waals surface area (Å²) in [5, 5.41) is 13.3. The molecule has 1 N–H and O–H groups in total. The minimum atomic E-state index is 0.191. The highest BCUT2D eigenvalue weighted by Gasteiger charge is 2.17. The van der Waals surface area contributed by atoms with E-state index in [2.05, 4.69) is 35.8 Å². The summed E-state index contributed by atoms with van der Waals surface area (Å²) >= 11 is 0. The maximum Gasteiger partial charge on any atom is 0.141 e. The Balaban J connectivity index is 2.71. The van der Waals surface area contributed by atoms with Crippen molar-refractivity contribution in [3.05, 3.63) is 12.2 Å². The molecule has 5 nitrogen and oxygen atoms in total. The molecule has 1 aromatic heterocycles. The zero-order valence-corrected chi connectivity index (χ0v) is 11.1. The molecule has 0 amide bonds. The van der Waals surface area contributed by atoms with E-state index in [1.54, 1.807) is 6.33 Å². The lowest BCUT2D eigenvalue weighted by Gasteiger charge is -2.29. The summed E-state index contributed by atoms with van der Waals surface area (Å²) in [6, 6.07) is 0.504. The summed E-state index contributed by atoms with van der Waals surface area (Å²) in [6.07, 6.45) is 3.79. The topological polar surface area (TPSA) is 54.2 Å². The van der Waals surface area contributed by atoms with Crippen LogP contribution in [-0.2, 0) is 13.1 Å². The van der Waals surface area contributed by atoms with Crippen molar-refractivity contribution in [1.29, 1.82) is 0 Å². The summed E-state index contributed by atoms with van der Waals surface area (Å²) in [5.74, 6) is 0.979. The monoisotopic (exact) mass is 240 g/mol.